The van der Waals surface area contributed by atoms with Crippen molar-refractivity contribution in [3.63, 3.8) is 0 Å². The van der Waals surface area contributed by atoms with Crippen LogP contribution in [-0.2, 0) is 6.54 Å². The highest BCUT2D eigenvalue weighted by molar-refractivity contribution is 6.32. The molecule has 2 aromatic carbocycles. The summed E-state index contributed by atoms with van der Waals surface area (Å²) in [5.74, 6) is -0.130. The first-order valence-corrected chi connectivity index (χ1v) is 9.01. The average Bonchev–Trinajstić information content (AvgIpc) is 3.17. The van der Waals surface area contributed by atoms with E-state index < -0.39 is 5.69 Å². The van der Waals surface area contributed by atoms with Gasteiger partial charge in [-0.2, -0.15) is 0 Å². The van der Waals surface area contributed by atoms with E-state index in [1.807, 2.05) is 31.2 Å². The van der Waals surface area contributed by atoms with Crippen LogP contribution in [0, 0.1) is 6.92 Å². The van der Waals surface area contributed by atoms with Crippen LogP contribution in [0.2, 0.25) is 10.0 Å². The molecule has 0 atom stereocenters. The Morgan fingerprint density at radius 2 is 1.93 bits per heavy atom. The molecule has 0 unspecified atom stereocenters. The molecule has 0 amide bonds. The van der Waals surface area contributed by atoms with E-state index in [0.29, 0.717) is 15.7 Å². The molecule has 5 nitrogen and oxygen atoms in total. The van der Waals surface area contributed by atoms with Crippen LogP contribution < -0.4 is 5.69 Å². The second kappa shape index (κ2) is 6.76. The van der Waals surface area contributed by atoms with Gasteiger partial charge in [0.15, 0.2) is 0 Å². The van der Waals surface area contributed by atoms with Crippen LogP contribution in [0.5, 0.6) is 5.88 Å². The van der Waals surface area contributed by atoms with Crippen molar-refractivity contribution in [1.29, 1.82) is 0 Å². The summed E-state index contributed by atoms with van der Waals surface area (Å²) in [4.78, 5) is 19.4. The predicted molar refractivity (Wildman–Crippen MR) is 109 cm³/mol. The predicted octanol–water partition coefficient (Wildman–Crippen LogP) is 4.80. The number of fused-ring (bicyclic) bond motifs is 1. The highest BCUT2D eigenvalue weighted by Gasteiger charge is 2.18. The van der Waals surface area contributed by atoms with Gasteiger partial charge in [-0.05, 0) is 42.3 Å². The van der Waals surface area contributed by atoms with Crippen LogP contribution in [0.1, 0.15) is 22.4 Å². The van der Waals surface area contributed by atoms with Crippen molar-refractivity contribution in [3.05, 3.63) is 79.3 Å². The third-order valence-corrected chi connectivity index (χ3v) is 5.21. The molecule has 136 valence electrons. The fourth-order valence-corrected chi connectivity index (χ4v) is 3.33. The molecular weight excluding hydrogens is 385 g/mol. The third-order valence-electron chi connectivity index (χ3n) is 4.55. The van der Waals surface area contributed by atoms with E-state index in [2.05, 4.69) is 9.98 Å². The SMILES string of the molecule is Cc1c(Cl)ccc2c1N=CC2=Cc1[nH]c(=O)n(Cc2ccc(Cl)cc2)c1O. The van der Waals surface area contributed by atoms with E-state index in [1.54, 1.807) is 24.4 Å². The van der Waals surface area contributed by atoms with Gasteiger partial charge in [0.1, 0.15) is 5.69 Å². The molecule has 3 aromatic rings. The Balaban J connectivity index is 1.70. The summed E-state index contributed by atoms with van der Waals surface area (Å²) >= 11 is 12.0. The molecule has 0 saturated heterocycles. The zero-order chi connectivity index (χ0) is 19.1. The van der Waals surface area contributed by atoms with Crippen molar-refractivity contribution in [2.45, 2.75) is 13.5 Å². The molecule has 7 heteroatoms. The Kier molecular flexibility index (Phi) is 4.42. The lowest BCUT2D eigenvalue weighted by atomic mass is 10.0. The van der Waals surface area contributed by atoms with Crippen LogP contribution in [-0.4, -0.2) is 20.9 Å². The number of hydrogen-bond donors (Lipinski definition) is 2. The third kappa shape index (κ3) is 3.20. The average molecular weight is 400 g/mol. The summed E-state index contributed by atoms with van der Waals surface area (Å²) in [6.45, 7) is 2.14. The van der Waals surface area contributed by atoms with Gasteiger partial charge in [-0.1, -0.05) is 41.4 Å². The molecule has 0 radical (unpaired) electrons. The minimum atomic E-state index is -0.392. The number of imidazole rings is 1. The smallest absolute Gasteiger partial charge is 0.329 e. The number of aromatic hydroxyl groups is 1. The van der Waals surface area contributed by atoms with E-state index in [-0.39, 0.29) is 12.4 Å². The van der Waals surface area contributed by atoms with Gasteiger partial charge < -0.3 is 10.1 Å². The summed E-state index contributed by atoms with van der Waals surface area (Å²) in [6, 6.07) is 10.8. The highest BCUT2D eigenvalue weighted by Crippen LogP contribution is 2.38. The minimum absolute atomic E-state index is 0.130. The number of benzene rings is 2. The summed E-state index contributed by atoms with van der Waals surface area (Å²) in [7, 11) is 0. The molecule has 2 heterocycles. The van der Waals surface area contributed by atoms with Crippen LogP contribution in [0.3, 0.4) is 0 Å². The van der Waals surface area contributed by atoms with Crippen molar-refractivity contribution >= 4 is 46.8 Å². The van der Waals surface area contributed by atoms with Crippen LogP contribution in [0.15, 0.2) is 46.2 Å². The molecule has 1 aliphatic heterocycles. The van der Waals surface area contributed by atoms with E-state index in [9.17, 15) is 9.90 Å². The molecule has 2 N–H and O–H groups in total. The standard InChI is InChI=1S/C20H15Cl2N3O2/c1-11-16(22)7-6-15-13(9-23-18(11)15)8-17-19(26)25(20(27)24-17)10-12-2-4-14(21)5-3-12/h2-9,26H,10H2,1H3,(H,24,27). The molecule has 0 aliphatic carbocycles. The van der Waals surface area contributed by atoms with Crippen LogP contribution in [0.4, 0.5) is 5.69 Å². The molecule has 0 saturated carbocycles. The van der Waals surface area contributed by atoms with Gasteiger partial charge in [0.05, 0.1) is 12.2 Å². The number of nitrogens with zero attached hydrogens (tertiary/aromatic N) is 2. The summed E-state index contributed by atoms with van der Waals surface area (Å²) in [6.07, 6.45) is 3.40. The van der Waals surface area contributed by atoms with Crippen molar-refractivity contribution in [2.24, 2.45) is 4.99 Å². The lowest BCUT2D eigenvalue weighted by Crippen LogP contribution is -2.17. The topological polar surface area (TPSA) is 70.4 Å². The van der Waals surface area contributed by atoms with E-state index in [1.165, 1.54) is 4.57 Å². The van der Waals surface area contributed by atoms with Crippen LogP contribution >= 0.6 is 23.2 Å². The number of aliphatic imine (C=N–C) groups is 1. The summed E-state index contributed by atoms with van der Waals surface area (Å²) < 4.78 is 1.27. The number of allylic oxidation sites excluding steroid dienone is 1. The Labute approximate surface area is 165 Å². The number of nitrogens with one attached hydrogen (secondary N) is 1. The molecular formula is C20H15Cl2N3O2. The van der Waals surface area contributed by atoms with Crippen molar-refractivity contribution < 1.29 is 5.11 Å². The van der Waals surface area contributed by atoms with Crippen molar-refractivity contribution in [1.82, 2.24) is 9.55 Å². The Bertz CT molecular complexity index is 1160. The number of aromatic nitrogens is 2. The van der Waals surface area contributed by atoms with Crippen molar-refractivity contribution in [2.75, 3.05) is 0 Å². The van der Waals surface area contributed by atoms with Gasteiger partial charge in [0.2, 0.25) is 5.88 Å². The molecule has 0 spiro atoms. The second-order valence-corrected chi connectivity index (χ2v) is 7.15. The Morgan fingerprint density at radius 1 is 1.19 bits per heavy atom. The highest BCUT2D eigenvalue weighted by atomic mass is 35.5. The zero-order valence-electron chi connectivity index (χ0n) is 14.3. The molecule has 1 aliphatic rings. The first-order valence-electron chi connectivity index (χ1n) is 8.25. The minimum Gasteiger partial charge on any atom is -0.493 e. The molecule has 1 aromatic heterocycles. The van der Waals surface area contributed by atoms with Crippen LogP contribution in [0.25, 0.3) is 11.6 Å². The maximum Gasteiger partial charge on any atom is 0.329 e. The number of halogens is 2. The van der Waals surface area contributed by atoms with Gasteiger partial charge in [-0.15, -0.1) is 0 Å². The van der Waals surface area contributed by atoms with Gasteiger partial charge in [-0.3, -0.25) is 9.56 Å². The van der Waals surface area contributed by atoms with E-state index >= 15 is 0 Å². The number of hydrogen-bond acceptors (Lipinski definition) is 3. The normalized spacial score (nSPS) is 14.1. The fraction of sp³-hybridized carbons (Fsp3) is 0.100. The fourth-order valence-electron chi connectivity index (χ4n) is 3.05. The molecule has 27 heavy (non-hydrogen) atoms. The lowest BCUT2D eigenvalue weighted by molar-refractivity contribution is 0.420. The molecule has 0 fully saturated rings. The largest absolute Gasteiger partial charge is 0.493 e. The Morgan fingerprint density at radius 3 is 2.67 bits per heavy atom. The molecule has 4 rings (SSSR count). The number of rotatable bonds is 3. The van der Waals surface area contributed by atoms with E-state index in [0.717, 1.165) is 28.0 Å². The number of aromatic amines is 1. The summed E-state index contributed by atoms with van der Waals surface area (Å²) in [5, 5.41) is 11.8. The second-order valence-electron chi connectivity index (χ2n) is 6.31. The summed E-state index contributed by atoms with van der Waals surface area (Å²) in [5.41, 5.74) is 4.19. The first-order chi connectivity index (χ1) is 12.9. The first kappa shape index (κ1) is 17.6. The van der Waals surface area contributed by atoms with Gasteiger partial charge in [0.25, 0.3) is 0 Å². The van der Waals surface area contributed by atoms with E-state index in [4.69, 9.17) is 23.2 Å². The lowest BCUT2D eigenvalue weighted by Gasteiger charge is -2.05. The van der Waals surface area contributed by atoms with Gasteiger partial charge in [-0.25, -0.2) is 4.79 Å². The maximum absolute atomic E-state index is 12.3. The number of H-pyrrole nitrogens is 1. The zero-order valence-corrected chi connectivity index (χ0v) is 15.8. The van der Waals surface area contributed by atoms with Crippen molar-refractivity contribution in [3.8, 4) is 5.88 Å². The quantitative estimate of drug-likeness (QED) is 0.663. The maximum atomic E-state index is 12.3. The van der Waals surface area contributed by atoms with Gasteiger partial charge >= 0.3 is 5.69 Å². The molecule has 0 bridgehead atoms. The van der Waals surface area contributed by atoms with Gasteiger partial charge in [0, 0.05) is 27.4 Å². The Hall–Kier alpha value is -2.76. The monoisotopic (exact) mass is 399 g/mol.